The normalized spacial score (nSPS) is 12.2. The SMILES string of the molecule is C=C(CCCCCN(CCO)CCCCCC(=C)OC(CCCCCCCC)CCCCCCCC)OC(CCC)CCCCCCCC. The molecule has 0 spiro atoms. The Labute approximate surface area is 308 Å². The van der Waals surface area contributed by atoms with E-state index in [4.69, 9.17) is 9.47 Å². The number of nitrogens with zero attached hydrogens (tertiary/aromatic N) is 1. The molecule has 0 aliphatic carbocycles. The Kier molecular flexibility index (Phi) is 37.5. The fraction of sp³-hybridized carbons (Fsp3) is 0.911. The highest BCUT2D eigenvalue weighted by atomic mass is 16.5. The highest BCUT2D eigenvalue weighted by Gasteiger charge is 2.13. The van der Waals surface area contributed by atoms with Crippen molar-refractivity contribution in [3.8, 4) is 0 Å². The molecule has 0 saturated carbocycles. The lowest BCUT2D eigenvalue weighted by molar-refractivity contribution is 0.0894. The number of rotatable bonds is 41. The number of hydrogen-bond acceptors (Lipinski definition) is 4. The molecule has 49 heavy (non-hydrogen) atoms. The maximum atomic E-state index is 9.65. The van der Waals surface area contributed by atoms with Crippen molar-refractivity contribution in [2.24, 2.45) is 0 Å². The lowest BCUT2D eigenvalue weighted by atomic mass is 10.0. The van der Waals surface area contributed by atoms with Crippen LogP contribution in [0, 0.1) is 0 Å². The third kappa shape index (κ3) is 33.9. The molecule has 0 amide bonds. The fourth-order valence-electron chi connectivity index (χ4n) is 7.04. The highest BCUT2D eigenvalue weighted by molar-refractivity contribution is 4.85. The van der Waals surface area contributed by atoms with Gasteiger partial charge in [0.05, 0.1) is 30.3 Å². The average molecular weight is 692 g/mol. The van der Waals surface area contributed by atoms with Crippen LogP contribution in [0.25, 0.3) is 0 Å². The molecule has 1 unspecified atom stereocenters. The quantitative estimate of drug-likeness (QED) is 0.0512. The van der Waals surface area contributed by atoms with Crippen LogP contribution >= 0.6 is 0 Å². The van der Waals surface area contributed by atoms with Gasteiger partial charge < -0.3 is 19.5 Å². The predicted octanol–water partition coefficient (Wildman–Crippen LogP) is 14.3. The molecule has 4 nitrogen and oxygen atoms in total. The van der Waals surface area contributed by atoms with E-state index in [9.17, 15) is 5.11 Å². The zero-order valence-electron chi connectivity index (χ0n) is 34.0. The van der Waals surface area contributed by atoms with Crippen LogP contribution in [0.5, 0.6) is 0 Å². The van der Waals surface area contributed by atoms with Gasteiger partial charge in [-0.3, -0.25) is 0 Å². The molecular formula is C45H89NO3. The minimum Gasteiger partial charge on any atom is -0.495 e. The molecule has 0 aliphatic heterocycles. The fourth-order valence-corrected chi connectivity index (χ4v) is 7.04. The molecule has 0 saturated heterocycles. The van der Waals surface area contributed by atoms with Crippen LogP contribution in [0.1, 0.15) is 227 Å². The molecule has 0 rings (SSSR count). The van der Waals surface area contributed by atoms with E-state index in [-0.39, 0.29) is 6.61 Å². The zero-order valence-corrected chi connectivity index (χ0v) is 34.0. The summed E-state index contributed by atoms with van der Waals surface area (Å²) < 4.78 is 12.8. The van der Waals surface area contributed by atoms with Crippen LogP contribution in [0.3, 0.4) is 0 Å². The number of aliphatic hydroxyl groups excluding tert-OH is 1. The van der Waals surface area contributed by atoms with E-state index in [1.807, 2.05) is 0 Å². The Hall–Kier alpha value is -1.00. The van der Waals surface area contributed by atoms with Crippen molar-refractivity contribution in [2.45, 2.75) is 239 Å². The molecule has 0 heterocycles. The van der Waals surface area contributed by atoms with Gasteiger partial charge in [0.2, 0.25) is 0 Å². The molecule has 0 aromatic rings. The molecule has 0 radical (unpaired) electrons. The number of unbranched alkanes of at least 4 members (excludes halogenated alkanes) is 19. The summed E-state index contributed by atoms with van der Waals surface area (Å²) in [5.74, 6) is 1.99. The number of hydrogen-bond donors (Lipinski definition) is 1. The van der Waals surface area contributed by atoms with E-state index in [0.717, 1.165) is 63.3 Å². The van der Waals surface area contributed by atoms with Crippen LogP contribution in [-0.4, -0.2) is 48.5 Å². The van der Waals surface area contributed by atoms with Gasteiger partial charge >= 0.3 is 0 Å². The van der Waals surface area contributed by atoms with Crippen molar-refractivity contribution in [1.82, 2.24) is 4.90 Å². The lowest BCUT2D eigenvalue weighted by Crippen LogP contribution is -2.29. The smallest absolute Gasteiger partial charge is 0.0982 e. The maximum absolute atomic E-state index is 9.65. The lowest BCUT2D eigenvalue weighted by Gasteiger charge is -2.22. The monoisotopic (exact) mass is 692 g/mol. The Morgan fingerprint density at radius 1 is 0.429 bits per heavy atom. The molecule has 4 heteroatoms. The first kappa shape index (κ1) is 48.0. The molecule has 0 aromatic heterocycles. The summed E-state index contributed by atoms with van der Waals surface area (Å²) in [6.07, 6.45) is 39.7. The Bertz CT molecular complexity index is 679. The second kappa shape index (κ2) is 38.2. The second-order valence-electron chi connectivity index (χ2n) is 15.2. The van der Waals surface area contributed by atoms with Crippen LogP contribution in [0.4, 0.5) is 0 Å². The van der Waals surface area contributed by atoms with Gasteiger partial charge in [-0.05, 0) is 83.7 Å². The molecule has 1 N–H and O–H groups in total. The van der Waals surface area contributed by atoms with E-state index in [0.29, 0.717) is 12.2 Å². The molecule has 0 aromatic carbocycles. The summed E-state index contributed by atoms with van der Waals surface area (Å²) in [4.78, 5) is 2.45. The number of ether oxygens (including phenoxy) is 2. The van der Waals surface area contributed by atoms with Gasteiger partial charge in [-0.1, -0.05) is 156 Å². The Balaban J connectivity index is 4.24. The maximum Gasteiger partial charge on any atom is 0.0982 e. The van der Waals surface area contributed by atoms with Crippen molar-refractivity contribution in [3.63, 3.8) is 0 Å². The van der Waals surface area contributed by atoms with Crippen molar-refractivity contribution < 1.29 is 14.6 Å². The van der Waals surface area contributed by atoms with Crippen molar-refractivity contribution in [3.05, 3.63) is 24.7 Å². The summed E-state index contributed by atoms with van der Waals surface area (Å²) in [5, 5.41) is 9.65. The molecule has 0 bridgehead atoms. The van der Waals surface area contributed by atoms with E-state index < -0.39 is 0 Å². The van der Waals surface area contributed by atoms with Gasteiger partial charge in [-0.15, -0.1) is 0 Å². The third-order valence-corrected chi connectivity index (χ3v) is 10.2. The van der Waals surface area contributed by atoms with E-state index in [2.05, 4.69) is 45.8 Å². The molecule has 0 aliphatic rings. The minimum atomic E-state index is 0.241. The van der Waals surface area contributed by atoms with Gasteiger partial charge in [0.1, 0.15) is 0 Å². The first-order valence-corrected chi connectivity index (χ1v) is 22.0. The molecule has 1 atom stereocenters. The summed E-state index contributed by atoms with van der Waals surface area (Å²) in [6, 6.07) is 0. The third-order valence-electron chi connectivity index (χ3n) is 10.2. The predicted molar refractivity (Wildman–Crippen MR) is 217 cm³/mol. The second-order valence-corrected chi connectivity index (χ2v) is 15.2. The highest BCUT2D eigenvalue weighted by Crippen LogP contribution is 2.22. The van der Waals surface area contributed by atoms with Crippen LogP contribution < -0.4 is 0 Å². The minimum absolute atomic E-state index is 0.241. The summed E-state index contributed by atoms with van der Waals surface area (Å²) >= 11 is 0. The van der Waals surface area contributed by atoms with Crippen molar-refractivity contribution >= 4 is 0 Å². The molecule has 0 fully saturated rings. The van der Waals surface area contributed by atoms with Gasteiger partial charge in [-0.25, -0.2) is 0 Å². The number of aliphatic hydroxyl groups is 1. The molecule has 292 valence electrons. The standard InChI is InChI=1S/C45H89NO3/c1-7-11-14-17-20-27-35-44(32-10-4)48-42(5)33-25-23-30-38-46(40-41-47)39-31-24-26-34-43(6)49-45(36-28-21-18-15-12-8-2)37-29-22-19-16-13-9-3/h44-45,47H,5-41H2,1-4H3. The number of allylic oxidation sites excluding steroid dienone is 2. The van der Waals surface area contributed by atoms with Crippen molar-refractivity contribution in [1.29, 1.82) is 0 Å². The zero-order chi connectivity index (χ0) is 36.0. The van der Waals surface area contributed by atoms with Gasteiger partial charge in [-0.2, -0.15) is 0 Å². The van der Waals surface area contributed by atoms with Gasteiger partial charge in [0.15, 0.2) is 0 Å². The Morgan fingerprint density at radius 3 is 1.14 bits per heavy atom. The topological polar surface area (TPSA) is 41.9 Å². The first-order chi connectivity index (χ1) is 24.0. The van der Waals surface area contributed by atoms with E-state index >= 15 is 0 Å². The van der Waals surface area contributed by atoms with Crippen LogP contribution in [0.15, 0.2) is 24.7 Å². The largest absolute Gasteiger partial charge is 0.495 e. The summed E-state index contributed by atoms with van der Waals surface area (Å²) in [5.41, 5.74) is 0. The van der Waals surface area contributed by atoms with Crippen LogP contribution in [-0.2, 0) is 9.47 Å². The van der Waals surface area contributed by atoms with Gasteiger partial charge in [0, 0.05) is 19.4 Å². The van der Waals surface area contributed by atoms with Crippen molar-refractivity contribution in [2.75, 3.05) is 26.2 Å². The summed E-state index contributed by atoms with van der Waals surface area (Å²) in [7, 11) is 0. The van der Waals surface area contributed by atoms with E-state index in [1.165, 1.54) is 167 Å². The summed E-state index contributed by atoms with van der Waals surface area (Å²) in [6.45, 7) is 20.9. The van der Waals surface area contributed by atoms with E-state index in [1.54, 1.807) is 0 Å². The first-order valence-electron chi connectivity index (χ1n) is 22.0. The van der Waals surface area contributed by atoms with Gasteiger partial charge in [0.25, 0.3) is 0 Å². The average Bonchev–Trinajstić information content (AvgIpc) is 3.08. The molecular weight excluding hydrogens is 602 g/mol. The van der Waals surface area contributed by atoms with Crippen LogP contribution in [0.2, 0.25) is 0 Å². The Morgan fingerprint density at radius 2 is 0.776 bits per heavy atom.